The number of aliphatic hydroxyl groups is 1. The van der Waals surface area contributed by atoms with Gasteiger partial charge in [-0.15, -0.1) is 0 Å². The highest BCUT2D eigenvalue weighted by Gasteiger charge is 2.17. The molecule has 0 saturated heterocycles. The maximum atomic E-state index is 10.5. The Bertz CT molecular complexity index is 552. The van der Waals surface area contributed by atoms with Gasteiger partial charge in [-0.25, -0.2) is 0 Å². The number of aryl methyl sites for hydroxylation is 1. The minimum atomic E-state index is -0.682. The lowest BCUT2D eigenvalue weighted by Gasteiger charge is -2.17. The quantitative estimate of drug-likeness (QED) is 0.933. The Morgan fingerprint density at radius 2 is 1.83 bits per heavy atom. The van der Waals surface area contributed by atoms with Gasteiger partial charge < -0.3 is 9.84 Å². The number of rotatable bonds is 3. The minimum Gasteiger partial charge on any atom is -0.496 e. The van der Waals surface area contributed by atoms with E-state index in [-0.39, 0.29) is 0 Å². The van der Waals surface area contributed by atoms with Crippen LogP contribution in [0.15, 0.2) is 46.9 Å². The fraction of sp³-hybridized carbons (Fsp3) is 0.200. The standard InChI is InChI=1S/C15H15BrO2/c1-10-5-3-4-6-12(10)15(17)13-9-11(16)7-8-14(13)18-2/h3-9,15,17H,1-2H3. The molecule has 94 valence electrons. The molecule has 1 N–H and O–H groups in total. The summed E-state index contributed by atoms with van der Waals surface area (Å²) in [6.45, 7) is 1.99. The minimum absolute atomic E-state index is 0.682. The number of methoxy groups -OCH3 is 1. The van der Waals surface area contributed by atoms with Crippen molar-refractivity contribution in [2.24, 2.45) is 0 Å². The predicted molar refractivity (Wildman–Crippen MR) is 75.9 cm³/mol. The van der Waals surface area contributed by atoms with E-state index < -0.39 is 6.10 Å². The second-order valence-electron chi connectivity index (χ2n) is 4.15. The molecule has 0 bridgehead atoms. The highest BCUT2D eigenvalue weighted by molar-refractivity contribution is 9.10. The third kappa shape index (κ3) is 2.57. The summed E-state index contributed by atoms with van der Waals surface area (Å²) in [5.74, 6) is 0.689. The van der Waals surface area contributed by atoms with Crippen LogP contribution in [-0.4, -0.2) is 12.2 Å². The molecule has 3 heteroatoms. The molecule has 2 aromatic carbocycles. The molecule has 2 nitrogen and oxygen atoms in total. The smallest absolute Gasteiger partial charge is 0.125 e. The van der Waals surface area contributed by atoms with Crippen LogP contribution >= 0.6 is 15.9 Å². The van der Waals surface area contributed by atoms with Gasteiger partial charge in [0.25, 0.3) is 0 Å². The number of aliphatic hydroxyl groups excluding tert-OH is 1. The first kappa shape index (κ1) is 13.1. The molecule has 1 unspecified atom stereocenters. The molecule has 0 fully saturated rings. The average Bonchev–Trinajstić information content (AvgIpc) is 2.38. The predicted octanol–water partition coefficient (Wildman–Crippen LogP) is 3.85. The van der Waals surface area contributed by atoms with Crippen molar-refractivity contribution in [1.82, 2.24) is 0 Å². The van der Waals surface area contributed by atoms with E-state index in [1.807, 2.05) is 49.4 Å². The van der Waals surface area contributed by atoms with Crippen LogP contribution in [0.2, 0.25) is 0 Å². The van der Waals surface area contributed by atoms with E-state index in [9.17, 15) is 5.11 Å². The van der Waals surface area contributed by atoms with Crippen LogP contribution in [0.1, 0.15) is 22.8 Å². The maximum absolute atomic E-state index is 10.5. The van der Waals surface area contributed by atoms with Crippen LogP contribution in [0.4, 0.5) is 0 Å². The molecule has 0 aliphatic carbocycles. The highest BCUT2D eigenvalue weighted by Crippen LogP contribution is 2.33. The van der Waals surface area contributed by atoms with E-state index in [1.165, 1.54) is 0 Å². The number of halogens is 1. The normalized spacial score (nSPS) is 12.2. The number of hydrogen-bond donors (Lipinski definition) is 1. The summed E-state index contributed by atoms with van der Waals surface area (Å²) >= 11 is 3.42. The van der Waals surface area contributed by atoms with E-state index >= 15 is 0 Å². The fourth-order valence-corrected chi connectivity index (χ4v) is 2.36. The van der Waals surface area contributed by atoms with E-state index in [0.29, 0.717) is 5.75 Å². The summed E-state index contributed by atoms with van der Waals surface area (Å²) in [5.41, 5.74) is 2.72. The zero-order valence-electron chi connectivity index (χ0n) is 10.4. The van der Waals surface area contributed by atoms with E-state index in [0.717, 1.165) is 21.2 Å². The number of ether oxygens (including phenoxy) is 1. The lowest BCUT2D eigenvalue weighted by atomic mass is 9.97. The van der Waals surface area contributed by atoms with Crippen LogP contribution in [0.5, 0.6) is 5.75 Å². The van der Waals surface area contributed by atoms with Gasteiger partial charge in [-0.2, -0.15) is 0 Å². The Kier molecular flexibility index (Phi) is 4.04. The summed E-state index contributed by atoms with van der Waals surface area (Å²) in [6.07, 6.45) is -0.682. The van der Waals surface area contributed by atoms with Crippen molar-refractivity contribution in [1.29, 1.82) is 0 Å². The zero-order valence-corrected chi connectivity index (χ0v) is 11.9. The van der Waals surface area contributed by atoms with Gasteiger partial charge in [0, 0.05) is 10.0 Å². The van der Waals surface area contributed by atoms with Crippen molar-refractivity contribution in [3.05, 3.63) is 63.6 Å². The molecule has 0 aromatic heterocycles. The van der Waals surface area contributed by atoms with Crippen LogP contribution in [0.3, 0.4) is 0 Å². The number of hydrogen-bond acceptors (Lipinski definition) is 2. The van der Waals surface area contributed by atoms with E-state index in [4.69, 9.17) is 4.74 Å². The fourth-order valence-electron chi connectivity index (χ4n) is 1.98. The van der Waals surface area contributed by atoms with Gasteiger partial charge in [-0.3, -0.25) is 0 Å². The molecule has 2 rings (SSSR count). The van der Waals surface area contributed by atoms with Crippen molar-refractivity contribution < 1.29 is 9.84 Å². The Labute approximate surface area is 115 Å². The third-order valence-electron chi connectivity index (χ3n) is 2.97. The molecule has 0 heterocycles. The summed E-state index contributed by atoms with van der Waals surface area (Å²) < 4.78 is 6.22. The molecular formula is C15H15BrO2. The van der Waals surface area contributed by atoms with Crippen molar-refractivity contribution in [2.75, 3.05) is 7.11 Å². The summed E-state index contributed by atoms with van der Waals surface area (Å²) in [6, 6.07) is 13.4. The molecule has 2 aromatic rings. The third-order valence-corrected chi connectivity index (χ3v) is 3.46. The van der Waals surface area contributed by atoms with Gasteiger partial charge in [-0.05, 0) is 36.2 Å². The van der Waals surface area contributed by atoms with E-state index in [1.54, 1.807) is 7.11 Å². The van der Waals surface area contributed by atoms with Gasteiger partial charge in [0.15, 0.2) is 0 Å². The van der Waals surface area contributed by atoms with Crippen molar-refractivity contribution >= 4 is 15.9 Å². The molecule has 0 aliphatic rings. The molecule has 0 spiro atoms. The summed E-state index contributed by atoms with van der Waals surface area (Å²) in [7, 11) is 1.61. The SMILES string of the molecule is COc1ccc(Br)cc1C(O)c1ccccc1C. The average molecular weight is 307 g/mol. The topological polar surface area (TPSA) is 29.5 Å². The Morgan fingerprint density at radius 1 is 1.11 bits per heavy atom. The van der Waals surface area contributed by atoms with Gasteiger partial charge in [0.1, 0.15) is 11.9 Å². The van der Waals surface area contributed by atoms with Crippen molar-refractivity contribution in [3.63, 3.8) is 0 Å². The molecule has 0 aliphatic heterocycles. The molecule has 0 amide bonds. The summed E-state index contributed by atoms with van der Waals surface area (Å²) in [5, 5.41) is 10.5. The lowest BCUT2D eigenvalue weighted by Crippen LogP contribution is -2.04. The largest absolute Gasteiger partial charge is 0.496 e. The van der Waals surface area contributed by atoms with Crippen LogP contribution in [0, 0.1) is 6.92 Å². The number of benzene rings is 2. The Hall–Kier alpha value is -1.32. The second-order valence-corrected chi connectivity index (χ2v) is 5.06. The van der Waals surface area contributed by atoms with E-state index in [2.05, 4.69) is 15.9 Å². The van der Waals surface area contributed by atoms with Gasteiger partial charge in [0.2, 0.25) is 0 Å². The first-order valence-electron chi connectivity index (χ1n) is 5.70. The van der Waals surface area contributed by atoms with Crippen LogP contribution < -0.4 is 4.74 Å². The zero-order chi connectivity index (χ0) is 13.1. The monoisotopic (exact) mass is 306 g/mol. The molecular weight excluding hydrogens is 292 g/mol. The maximum Gasteiger partial charge on any atom is 0.125 e. The van der Waals surface area contributed by atoms with Gasteiger partial charge >= 0.3 is 0 Å². The Balaban J connectivity index is 2.48. The molecule has 1 atom stereocenters. The Morgan fingerprint density at radius 3 is 2.50 bits per heavy atom. The van der Waals surface area contributed by atoms with Gasteiger partial charge in [0.05, 0.1) is 7.11 Å². The van der Waals surface area contributed by atoms with Crippen molar-refractivity contribution in [3.8, 4) is 5.75 Å². The molecule has 0 saturated carbocycles. The second kappa shape index (κ2) is 5.55. The van der Waals surface area contributed by atoms with Crippen LogP contribution in [-0.2, 0) is 0 Å². The first-order valence-corrected chi connectivity index (χ1v) is 6.50. The first-order chi connectivity index (χ1) is 8.63. The molecule has 18 heavy (non-hydrogen) atoms. The van der Waals surface area contributed by atoms with Gasteiger partial charge in [-0.1, -0.05) is 40.2 Å². The summed E-state index contributed by atoms with van der Waals surface area (Å²) in [4.78, 5) is 0. The van der Waals surface area contributed by atoms with Crippen molar-refractivity contribution in [2.45, 2.75) is 13.0 Å². The van der Waals surface area contributed by atoms with Crippen LogP contribution in [0.25, 0.3) is 0 Å². The highest BCUT2D eigenvalue weighted by atomic mass is 79.9. The lowest BCUT2D eigenvalue weighted by molar-refractivity contribution is 0.214. The molecule has 0 radical (unpaired) electrons.